The topological polar surface area (TPSA) is 109 Å². The average molecular weight is 407 g/mol. The maximum absolute atomic E-state index is 12.6. The lowest BCUT2D eigenvalue weighted by Crippen LogP contribution is -2.19. The number of anilines is 1. The minimum atomic E-state index is -0.303. The number of nitrogens with one attached hydrogen (secondary N) is 1. The van der Waals surface area contributed by atoms with Crippen LogP contribution in [-0.4, -0.2) is 49.1 Å². The predicted octanol–water partition coefficient (Wildman–Crippen LogP) is 2.45. The van der Waals surface area contributed by atoms with Gasteiger partial charge in [0.15, 0.2) is 5.82 Å². The first-order valence-electron chi connectivity index (χ1n) is 9.38. The van der Waals surface area contributed by atoms with E-state index in [-0.39, 0.29) is 18.6 Å². The van der Waals surface area contributed by atoms with Crippen LogP contribution in [0.5, 0.6) is 11.5 Å². The van der Waals surface area contributed by atoms with Gasteiger partial charge in [0, 0.05) is 0 Å². The van der Waals surface area contributed by atoms with Crippen molar-refractivity contribution < 1.29 is 14.3 Å². The Labute approximate surface area is 172 Å². The fourth-order valence-electron chi connectivity index (χ4n) is 3.07. The van der Waals surface area contributed by atoms with Gasteiger partial charge in [0.1, 0.15) is 24.4 Å². The van der Waals surface area contributed by atoms with Gasteiger partial charge in [-0.15, -0.1) is 10.2 Å². The van der Waals surface area contributed by atoms with Gasteiger partial charge in [0.2, 0.25) is 5.91 Å². The molecule has 2 heterocycles. The molecule has 154 valence electrons. The van der Waals surface area contributed by atoms with E-state index in [1.165, 1.54) is 11.0 Å². The average Bonchev–Trinajstić information content (AvgIpc) is 3.36. The van der Waals surface area contributed by atoms with Crippen molar-refractivity contribution in [2.24, 2.45) is 0 Å². The van der Waals surface area contributed by atoms with Gasteiger partial charge in [-0.05, 0) is 60.7 Å². The highest BCUT2D eigenvalue weighted by Crippen LogP contribution is 2.34. The highest BCUT2D eigenvalue weighted by molar-refractivity contribution is 6.03. The summed E-state index contributed by atoms with van der Waals surface area (Å²) >= 11 is 0. The standard InChI is InChI=1S/C20H21N7O3/c1-13(2)30-17-6-4-5-16-19(17)20(22-18(28)11-26-12-21-24-25-26)23-27(16)14-7-9-15(29-3)10-8-14/h4-10,12-13H,11H2,1-3H3,(H,22,23,28). The van der Waals surface area contributed by atoms with Crippen LogP contribution < -0.4 is 14.8 Å². The van der Waals surface area contributed by atoms with Gasteiger partial charge in [-0.3, -0.25) is 4.79 Å². The van der Waals surface area contributed by atoms with Crippen LogP contribution in [0.4, 0.5) is 5.82 Å². The molecular formula is C20H21N7O3. The highest BCUT2D eigenvalue weighted by Gasteiger charge is 2.19. The van der Waals surface area contributed by atoms with Gasteiger partial charge >= 0.3 is 0 Å². The van der Waals surface area contributed by atoms with Crippen molar-refractivity contribution in [3.8, 4) is 17.2 Å². The first-order valence-corrected chi connectivity index (χ1v) is 9.38. The molecule has 0 atom stereocenters. The molecule has 4 aromatic rings. The predicted molar refractivity (Wildman–Crippen MR) is 110 cm³/mol. The van der Waals surface area contributed by atoms with Gasteiger partial charge in [-0.25, -0.2) is 9.36 Å². The zero-order chi connectivity index (χ0) is 21.1. The van der Waals surface area contributed by atoms with E-state index in [4.69, 9.17) is 9.47 Å². The van der Waals surface area contributed by atoms with Crippen LogP contribution in [-0.2, 0) is 11.3 Å². The summed E-state index contributed by atoms with van der Waals surface area (Å²) in [5.74, 6) is 1.48. The third-order valence-corrected chi connectivity index (χ3v) is 4.30. The lowest BCUT2D eigenvalue weighted by atomic mass is 10.2. The van der Waals surface area contributed by atoms with Crippen molar-refractivity contribution in [1.82, 2.24) is 30.0 Å². The maximum Gasteiger partial charge on any atom is 0.247 e. The maximum atomic E-state index is 12.6. The fourth-order valence-corrected chi connectivity index (χ4v) is 3.07. The molecule has 0 spiro atoms. The number of tetrazole rings is 1. The van der Waals surface area contributed by atoms with Crippen LogP contribution in [0.2, 0.25) is 0 Å². The molecule has 10 heteroatoms. The van der Waals surface area contributed by atoms with Crippen LogP contribution in [0, 0.1) is 0 Å². The van der Waals surface area contributed by atoms with Crippen LogP contribution in [0.3, 0.4) is 0 Å². The summed E-state index contributed by atoms with van der Waals surface area (Å²) in [6.07, 6.45) is 1.34. The molecule has 0 aliphatic carbocycles. The van der Waals surface area contributed by atoms with Crippen LogP contribution in [0.15, 0.2) is 48.8 Å². The number of carbonyl (C=O) groups excluding carboxylic acids is 1. The number of hydrogen-bond donors (Lipinski definition) is 1. The number of ether oxygens (including phenoxy) is 2. The molecule has 2 aromatic carbocycles. The van der Waals surface area contributed by atoms with Crippen molar-refractivity contribution in [2.45, 2.75) is 26.5 Å². The molecule has 1 N–H and O–H groups in total. The van der Waals surface area contributed by atoms with Crippen LogP contribution in [0.25, 0.3) is 16.6 Å². The highest BCUT2D eigenvalue weighted by atomic mass is 16.5. The van der Waals surface area contributed by atoms with E-state index >= 15 is 0 Å². The lowest BCUT2D eigenvalue weighted by molar-refractivity contribution is -0.116. The Kier molecular flexibility index (Phi) is 5.29. The van der Waals surface area contributed by atoms with Gasteiger partial charge in [-0.2, -0.15) is 0 Å². The Bertz CT molecular complexity index is 1150. The molecule has 10 nitrogen and oxygen atoms in total. The fraction of sp³-hybridized carbons (Fsp3) is 0.250. The second-order valence-electron chi connectivity index (χ2n) is 6.83. The normalized spacial score (nSPS) is 11.1. The Morgan fingerprint density at radius 3 is 2.63 bits per heavy atom. The quantitative estimate of drug-likeness (QED) is 0.501. The van der Waals surface area contributed by atoms with Gasteiger partial charge in [-0.1, -0.05) is 6.07 Å². The minimum Gasteiger partial charge on any atom is -0.497 e. The zero-order valence-corrected chi connectivity index (χ0v) is 16.8. The molecule has 0 saturated heterocycles. The smallest absolute Gasteiger partial charge is 0.247 e. The van der Waals surface area contributed by atoms with E-state index in [1.807, 2.05) is 56.3 Å². The van der Waals surface area contributed by atoms with E-state index in [0.29, 0.717) is 17.0 Å². The number of aromatic nitrogens is 6. The number of hydrogen-bond acceptors (Lipinski definition) is 7. The van der Waals surface area contributed by atoms with E-state index in [0.717, 1.165) is 17.0 Å². The molecule has 0 radical (unpaired) electrons. The van der Waals surface area contributed by atoms with Gasteiger partial charge in [0.05, 0.1) is 29.8 Å². The number of rotatable bonds is 7. The van der Waals surface area contributed by atoms with Crippen molar-refractivity contribution in [3.05, 3.63) is 48.8 Å². The number of nitrogens with zero attached hydrogens (tertiary/aromatic N) is 6. The number of amides is 1. The summed E-state index contributed by atoms with van der Waals surface area (Å²) in [6.45, 7) is 3.86. The third-order valence-electron chi connectivity index (χ3n) is 4.30. The summed E-state index contributed by atoms with van der Waals surface area (Å²) in [4.78, 5) is 12.6. The van der Waals surface area contributed by atoms with E-state index in [1.54, 1.807) is 11.8 Å². The van der Waals surface area contributed by atoms with Crippen molar-refractivity contribution in [2.75, 3.05) is 12.4 Å². The second kappa shape index (κ2) is 8.19. The molecule has 1 amide bonds. The van der Waals surface area contributed by atoms with Crippen molar-refractivity contribution in [3.63, 3.8) is 0 Å². The van der Waals surface area contributed by atoms with Gasteiger partial charge < -0.3 is 14.8 Å². The summed E-state index contributed by atoms with van der Waals surface area (Å²) in [5.41, 5.74) is 1.62. The lowest BCUT2D eigenvalue weighted by Gasteiger charge is -2.11. The Balaban J connectivity index is 1.77. The zero-order valence-electron chi connectivity index (χ0n) is 16.8. The monoisotopic (exact) mass is 407 g/mol. The molecule has 0 unspecified atom stereocenters. The van der Waals surface area contributed by atoms with E-state index in [9.17, 15) is 4.79 Å². The minimum absolute atomic E-state index is 0.0307. The number of fused-ring (bicyclic) bond motifs is 1. The molecular weight excluding hydrogens is 386 g/mol. The first-order chi connectivity index (χ1) is 14.5. The molecule has 2 aromatic heterocycles. The van der Waals surface area contributed by atoms with Crippen LogP contribution >= 0.6 is 0 Å². The molecule has 30 heavy (non-hydrogen) atoms. The Morgan fingerprint density at radius 1 is 1.17 bits per heavy atom. The molecule has 0 aliphatic heterocycles. The Morgan fingerprint density at radius 2 is 1.97 bits per heavy atom. The summed E-state index contributed by atoms with van der Waals surface area (Å²) < 4.78 is 14.3. The van der Waals surface area contributed by atoms with Gasteiger partial charge in [0.25, 0.3) is 0 Å². The van der Waals surface area contributed by atoms with Crippen LogP contribution in [0.1, 0.15) is 13.8 Å². The van der Waals surface area contributed by atoms with Crippen molar-refractivity contribution >= 4 is 22.6 Å². The SMILES string of the molecule is COc1ccc(-n2nc(NC(=O)Cn3cnnn3)c3c(OC(C)C)cccc32)cc1. The van der Waals surface area contributed by atoms with Crippen molar-refractivity contribution in [1.29, 1.82) is 0 Å². The first kappa shape index (κ1) is 19.4. The Hall–Kier alpha value is -3.95. The van der Waals surface area contributed by atoms with E-state index in [2.05, 4.69) is 25.9 Å². The second-order valence-corrected chi connectivity index (χ2v) is 6.83. The third kappa shape index (κ3) is 3.93. The summed E-state index contributed by atoms with van der Waals surface area (Å²) in [5, 5.41) is 19.0. The number of carbonyl (C=O) groups is 1. The molecule has 0 fully saturated rings. The number of benzene rings is 2. The summed E-state index contributed by atoms with van der Waals surface area (Å²) in [6, 6.07) is 13.2. The summed E-state index contributed by atoms with van der Waals surface area (Å²) in [7, 11) is 1.62. The molecule has 0 saturated carbocycles. The van der Waals surface area contributed by atoms with E-state index < -0.39 is 0 Å². The molecule has 0 aliphatic rings. The number of methoxy groups -OCH3 is 1. The largest absolute Gasteiger partial charge is 0.497 e. The molecule has 0 bridgehead atoms. The molecule has 4 rings (SSSR count).